The van der Waals surface area contributed by atoms with Gasteiger partial charge in [0.15, 0.2) is 0 Å². The van der Waals surface area contributed by atoms with Crippen molar-refractivity contribution in [2.24, 2.45) is 0 Å². The predicted molar refractivity (Wildman–Crippen MR) is 24.7 cm³/mol. The van der Waals surface area contributed by atoms with Crippen LogP contribution in [0.5, 0.6) is 0 Å². The number of ether oxygens (including phenoxy) is 1. The molecule has 1 unspecified atom stereocenters. The van der Waals surface area contributed by atoms with Gasteiger partial charge in [-0.15, -0.1) is 0 Å². The number of hydrogen-bond donors (Lipinski definition) is 1. The maximum atomic E-state index is 6.46. The summed E-state index contributed by atoms with van der Waals surface area (Å²) < 4.78 is 15.9. The molecule has 0 aromatic heterocycles. The van der Waals surface area contributed by atoms with Crippen molar-refractivity contribution in [3.8, 4) is 0 Å². The third-order valence-corrected chi connectivity index (χ3v) is 0.792. The molecular weight excluding hydrogens is 100 g/mol. The molecule has 1 rings (SSSR count). The molecule has 0 N–H and O–H groups in total. The molecule has 2 nitrogen and oxygen atoms in total. The average Bonchev–Trinajstić information content (AvgIpc) is 2.42. The molecule has 0 spiro atoms. The molecule has 1 atom stereocenters. The van der Waals surface area contributed by atoms with Gasteiger partial charge in [-0.1, -0.05) is 0 Å². The van der Waals surface area contributed by atoms with Crippen LogP contribution in [-0.4, -0.2) is 20.4 Å². The molecule has 0 aliphatic carbocycles. The van der Waals surface area contributed by atoms with Crippen LogP contribution in [0.3, 0.4) is 0 Å². The first-order valence-electron chi connectivity index (χ1n) is 2.20. The Morgan fingerprint density at radius 1 is 2.33 bits per heavy atom. The van der Waals surface area contributed by atoms with E-state index in [0.717, 1.165) is 6.61 Å². The molecule has 6 heavy (non-hydrogen) atoms. The van der Waals surface area contributed by atoms with E-state index in [2.05, 4.69) is 4.18 Å². The van der Waals surface area contributed by atoms with Crippen molar-refractivity contribution in [2.75, 3.05) is 13.2 Å². The summed E-state index contributed by atoms with van der Waals surface area (Å²) in [6.07, 6.45) is 0.290. The van der Waals surface area contributed by atoms with E-state index in [4.69, 9.17) is 5.86 Å². The van der Waals surface area contributed by atoms with Gasteiger partial charge in [-0.2, -0.15) is 0 Å². The monoisotopic (exact) mass is 108 g/mol. The van der Waals surface area contributed by atoms with E-state index < -0.39 is 0 Å². The first kappa shape index (κ1) is 3.29. The molecule has 1 saturated heterocycles. The minimum absolute atomic E-state index is 0.290. The Hall–Kier alpha value is 0.270. The van der Waals surface area contributed by atoms with Crippen LogP contribution in [0.25, 0.3) is 0 Å². The average molecular weight is 108 g/mol. The Kier molecular flexibility index (Phi) is 0.998. The molecule has 3 heteroatoms. The standard InChI is InChI=1S/C3H6O2S/c6-5-2-3-1-4-3/h3,6H,1-2H2/i/hT. The normalized spacial score (nSPS) is 32.7. The molecule has 1 heterocycles. The molecule has 1 aliphatic heterocycles. The van der Waals surface area contributed by atoms with E-state index in [1.165, 1.54) is 0 Å². The van der Waals surface area contributed by atoms with E-state index in [9.17, 15) is 0 Å². The largest absolute Gasteiger partial charge is 0.371 e. The summed E-state index contributed by atoms with van der Waals surface area (Å²) in [7, 11) is 0. The molecule has 0 aromatic rings. The quantitative estimate of drug-likeness (QED) is 0.318. The zero-order valence-electron chi connectivity index (χ0n) is 4.22. The van der Waals surface area contributed by atoms with Gasteiger partial charge in [-0.25, -0.2) is 0 Å². The first-order chi connectivity index (χ1) is 3.43. The zero-order chi connectivity index (χ0) is 5.11. The van der Waals surface area contributed by atoms with Crippen LogP contribution in [-0.2, 0) is 8.92 Å². The summed E-state index contributed by atoms with van der Waals surface area (Å²) in [6.45, 7) is 1.37. The van der Waals surface area contributed by atoms with Crippen LogP contribution >= 0.6 is 12.8 Å². The second-order valence-electron chi connectivity index (χ2n) is 1.24. The molecule has 0 radical (unpaired) electrons. The fourth-order valence-electron chi connectivity index (χ4n) is 0.240. The van der Waals surface area contributed by atoms with E-state index >= 15 is 0 Å². The first-order valence-corrected chi connectivity index (χ1v) is 2.13. The highest BCUT2D eigenvalue weighted by atomic mass is 32.1. The molecule has 0 amide bonds. The van der Waals surface area contributed by atoms with Gasteiger partial charge in [0.2, 0.25) is 0 Å². The third kappa shape index (κ3) is 1.16. The Morgan fingerprint density at radius 2 is 3.17 bits per heavy atom. The van der Waals surface area contributed by atoms with Gasteiger partial charge >= 0.3 is 0 Å². The van der Waals surface area contributed by atoms with E-state index in [-0.39, 0.29) is 6.10 Å². The van der Waals surface area contributed by atoms with Crippen LogP contribution in [0.1, 0.15) is 0 Å². The summed E-state index contributed by atoms with van der Waals surface area (Å²) >= 11 is 0.640. The van der Waals surface area contributed by atoms with Gasteiger partial charge in [-0.3, -0.25) is 0 Å². The van der Waals surface area contributed by atoms with Crippen LogP contribution in [0, 0.1) is 0 Å². The van der Waals surface area contributed by atoms with Crippen molar-refractivity contribution in [3.05, 3.63) is 0 Å². The van der Waals surface area contributed by atoms with Gasteiger partial charge in [0, 0.05) is 0 Å². The summed E-state index contributed by atoms with van der Waals surface area (Å²) in [5.41, 5.74) is 0. The van der Waals surface area contributed by atoms with Crippen LogP contribution in [0.4, 0.5) is 0 Å². The van der Waals surface area contributed by atoms with E-state index in [1.807, 2.05) is 0 Å². The minimum Gasteiger partial charge on any atom is -0.371 e. The molecule has 0 aromatic carbocycles. The fraction of sp³-hybridized carbons (Fsp3) is 1.00. The predicted octanol–water partition coefficient (Wildman–Crippen LogP) is 0.247. The Morgan fingerprint density at radius 3 is 3.67 bits per heavy atom. The molecular formula is C3H6O2S. The van der Waals surface area contributed by atoms with E-state index in [1.54, 1.807) is 0 Å². The van der Waals surface area contributed by atoms with Gasteiger partial charge < -0.3 is 8.92 Å². The summed E-state index contributed by atoms with van der Waals surface area (Å²) in [6, 6.07) is 0. The highest BCUT2D eigenvalue weighted by Crippen LogP contribution is 2.08. The molecule has 0 bridgehead atoms. The maximum Gasteiger partial charge on any atom is 0.135 e. The number of rotatable bonds is 3. The Labute approximate surface area is 43.1 Å². The fourth-order valence-corrected chi connectivity index (χ4v) is 0.392. The lowest BCUT2D eigenvalue weighted by molar-refractivity contribution is 0.300. The number of thiol groups is 1. The van der Waals surface area contributed by atoms with Crippen molar-refractivity contribution in [3.63, 3.8) is 0 Å². The van der Waals surface area contributed by atoms with Crippen molar-refractivity contribution in [1.29, 1.82) is 1.12 Å². The minimum atomic E-state index is 0.290. The Balaban J connectivity index is 1.80. The third-order valence-electron chi connectivity index (χ3n) is 0.656. The summed E-state index contributed by atoms with van der Waals surface area (Å²) in [4.78, 5) is 0. The summed E-state index contributed by atoms with van der Waals surface area (Å²) in [5, 5.41) is 0. The highest BCUT2D eigenvalue weighted by Gasteiger charge is 2.21. The van der Waals surface area contributed by atoms with Crippen molar-refractivity contribution < 1.29 is 8.92 Å². The lowest BCUT2D eigenvalue weighted by Crippen LogP contribution is -1.91. The van der Waals surface area contributed by atoms with Crippen molar-refractivity contribution >= 4 is 12.8 Å². The lowest BCUT2D eigenvalue weighted by Gasteiger charge is -1.82. The molecule has 1 aliphatic rings. The smallest absolute Gasteiger partial charge is 0.135 e. The second kappa shape index (κ2) is 1.82. The second-order valence-corrected chi connectivity index (χ2v) is 1.48. The van der Waals surface area contributed by atoms with Crippen LogP contribution in [0.2, 0.25) is 0 Å². The van der Waals surface area contributed by atoms with Crippen molar-refractivity contribution in [1.82, 2.24) is 0 Å². The van der Waals surface area contributed by atoms with Gasteiger partial charge in [-0.05, 0) is 12.8 Å². The number of epoxide rings is 1. The van der Waals surface area contributed by atoms with Crippen LogP contribution in [0.15, 0.2) is 0 Å². The molecule has 36 valence electrons. The van der Waals surface area contributed by atoms with Crippen molar-refractivity contribution in [2.45, 2.75) is 6.10 Å². The lowest BCUT2D eigenvalue weighted by atomic mass is 10.5. The van der Waals surface area contributed by atoms with Gasteiger partial charge in [0.05, 0.1) is 13.2 Å². The highest BCUT2D eigenvalue weighted by molar-refractivity contribution is 7.75. The topological polar surface area (TPSA) is 21.8 Å². The Bertz CT molecular complexity index is 56.9. The SMILES string of the molecule is [3H]SOCC1CO1. The van der Waals surface area contributed by atoms with Crippen LogP contribution < -0.4 is 0 Å². The molecule has 0 saturated carbocycles. The maximum absolute atomic E-state index is 6.46. The van der Waals surface area contributed by atoms with Gasteiger partial charge in [0.1, 0.15) is 7.23 Å². The summed E-state index contributed by atoms with van der Waals surface area (Å²) in [5.74, 6) is 0. The van der Waals surface area contributed by atoms with E-state index in [0.29, 0.717) is 19.4 Å². The molecule has 1 fully saturated rings. The number of hydrogen-bond acceptors (Lipinski definition) is 3. The van der Waals surface area contributed by atoms with Gasteiger partial charge in [0.25, 0.3) is 0 Å². The zero-order valence-corrected chi connectivity index (χ0v) is 4.03.